The van der Waals surface area contributed by atoms with Crippen molar-refractivity contribution in [2.75, 3.05) is 25.1 Å². The first-order valence-corrected chi connectivity index (χ1v) is 8.31. The third kappa shape index (κ3) is 4.08. The van der Waals surface area contributed by atoms with Gasteiger partial charge >= 0.3 is 5.97 Å². The summed E-state index contributed by atoms with van der Waals surface area (Å²) in [6.45, 7) is 1.48. The first kappa shape index (κ1) is 17.7. The summed E-state index contributed by atoms with van der Waals surface area (Å²) in [5.74, 6) is -0.317. The van der Waals surface area contributed by atoms with Crippen molar-refractivity contribution in [3.05, 3.63) is 47.9 Å². The molecule has 1 unspecified atom stereocenters. The van der Waals surface area contributed by atoms with Crippen molar-refractivity contribution in [3.8, 4) is 5.75 Å². The quantitative estimate of drug-likeness (QED) is 0.838. The van der Waals surface area contributed by atoms with Crippen LogP contribution in [0.3, 0.4) is 0 Å². The van der Waals surface area contributed by atoms with Crippen LogP contribution in [0.5, 0.6) is 5.75 Å². The molecule has 1 aliphatic rings. The molecule has 1 aromatic heterocycles. The number of hydrogen-bond donors (Lipinski definition) is 2. The molecule has 2 heterocycles. The number of carboxylic acid groups (broad SMARTS) is 1. The van der Waals surface area contributed by atoms with Crippen molar-refractivity contribution in [2.24, 2.45) is 0 Å². The maximum atomic E-state index is 12.6. The number of carbonyl (C=O) groups is 2. The number of amides is 1. The molecule has 2 aromatic rings. The average Bonchev–Trinajstić information content (AvgIpc) is 2.68. The molecule has 2 N–H and O–H groups in total. The lowest BCUT2D eigenvalue weighted by Gasteiger charge is -2.33. The summed E-state index contributed by atoms with van der Waals surface area (Å²) >= 11 is 0. The van der Waals surface area contributed by atoms with Crippen molar-refractivity contribution >= 4 is 17.7 Å². The Hall–Kier alpha value is -3.16. The van der Waals surface area contributed by atoms with Gasteiger partial charge in [-0.25, -0.2) is 9.78 Å². The summed E-state index contributed by atoms with van der Waals surface area (Å²) < 4.78 is 5.09. The van der Waals surface area contributed by atoms with Crippen LogP contribution >= 0.6 is 0 Å². The molecule has 26 heavy (non-hydrogen) atoms. The number of hydrogen-bond acceptors (Lipinski definition) is 6. The predicted molar refractivity (Wildman–Crippen MR) is 94.7 cm³/mol. The number of piperidine rings is 1. The van der Waals surface area contributed by atoms with E-state index in [-0.39, 0.29) is 23.1 Å². The number of nitrogens with one attached hydrogen (secondary N) is 1. The second-order valence-electron chi connectivity index (χ2n) is 6.08. The molecule has 8 nitrogen and oxygen atoms in total. The van der Waals surface area contributed by atoms with Gasteiger partial charge in [-0.3, -0.25) is 9.78 Å². The van der Waals surface area contributed by atoms with Gasteiger partial charge in [-0.1, -0.05) is 0 Å². The highest BCUT2D eigenvalue weighted by Gasteiger charge is 2.23. The lowest BCUT2D eigenvalue weighted by Crippen LogP contribution is -2.48. The lowest BCUT2D eigenvalue weighted by atomic mass is 10.0. The Morgan fingerprint density at radius 3 is 2.77 bits per heavy atom. The summed E-state index contributed by atoms with van der Waals surface area (Å²) in [7, 11) is 1.43. The number of carbonyl (C=O) groups excluding carboxylic acids is 1. The number of ether oxygens (including phenoxy) is 1. The van der Waals surface area contributed by atoms with E-state index < -0.39 is 5.97 Å². The number of nitrogens with zero attached hydrogens (tertiary/aromatic N) is 3. The van der Waals surface area contributed by atoms with Gasteiger partial charge in [-0.2, -0.15) is 0 Å². The molecule has 0 saturated carbocycles. The van der Waals surface area contributed by atoms with Gasteiger partial charge < -0.3 is 20.1 Å². The summed E-state index contributed by atoms with van der Waals surface area (Å²) in [6.07, 6.45) is 6.72. The predicted octanol–water partition coefficient (Wildman–Crippen LogP) is 1.58. The minimum atomic E-state index is -1.11. The number of aromatic carboxylic acids is 1. The van der Waals surface area contributed by atoms with E-state index in [1.54, 1.807) is 18.6 Å². The van der Waals surface area contributed by atoms with Crippen LogP contribution in [0, 0.1) is 0 Å². The van der Waals surface area contributed by atoms with Crippen LogP contribution in [-0.2, 0) is 0 Å². The van der Waals surface area contributed by atoms with Crippen molar-refractivity contribution in [1.29, 1.82) is 0 Å². The van der Waals surface area contributed by atoms with Crippen molar-refractivity contribution < 1.29 is 19.4 Å². The molecular formula is C18H20N4O4. The summed E-state index contributed by atoms with van der Waals surface area (Å²) in [4.78, 5) is 34.3. The van der Waals surface area contributed by atoms with Crippen LogP contribution in [0.15, 0.2) is 36.8 Å². The maximum Gasteiger partial charge on any atom is 0.335 e. The Balaban J connectivity index is 1.71. The number of benzene rings is 1. The largest absolute Gasteiger partial charge is 0.497 e. The van der Waals surface area contributed by atoms with Gasteiger partial charge in [0.15, 0.2) is 0 Å². The number of aromatic nitrogens is 2. The number of rotatable bonds is 5. The SMILES string of the molecule is COc1cc(C(=O)O)cc(C(=O)NC2CCCN(c3cnccn3)C2)c1. The van der Waals surface area contributed by atoms with Gasteiger partial charge in [-0.05, 0) is 31.0 Å². The number of methoxy groups -OCH3 is 1. The highest BCUT2D eigenvalue weighted by Crippen LogP contribution is 2.19. The minimum Gasteiger partial charge on any atom is -0.497 e. The minimum absolute atomic E-state index is 0.0133. The highest BCUT2D eigenvalue weighted by atomic mass is 16.5. The fourth-order valence-electron chi connectivity index (χ4n) is 3.00. The fourth-order valence-corrected chi connectivity index (χ4v) is 3.00. The van der Waals surface area contributed by atoms with Crippen molar-refractivity contribution in [2.45, 2.75) is 18.9 Å². The molecule has 1 aliphatic heterocycles. The van der Waals surface area contributed by atoms with Gasteiger partial charge in [0.2, 0.25) is 0 Å². The standard InChI is InChI=1S/C18H20N4O4/c1-26-15-8-12(7-13(9-15)18(24)25)17(23)21-14-3-2-6-22(11-14)16-10-19-4-5-20-16/h4-5,7-10,14H,2-3,6,11H2,1H3,(H,21,23)(H,24,25). The van der Waals surface area contributed by atoms with Crippen LogP contribution in [-0.4, -0.2) is 53.2 Å². The van der Waals surface area contributed by atoms with Crippen LogP contribution in [0.2, 0.25) is 0 Å². The third-order valence-electron chi connectivity index (χ3n) is 4.28. The van der Waals surface area contributed by atoms with E-state index in [2.05, 4.69) is 20.2 Å². The van der Waals surface area contributed by atoms with Gasteiger partial charge in [0.25, 0.3) is 5.91 Å². The monoisotopic (exact) mass is 356 g/mol. The molecule has 1 aromatic carbocycles. The first-order chi connectivity index (χ1) is 12.6. The molecule has 0 radical (unpaired) electrons. The third-order valence-corrected chi connectivity index (χ3v) is 4.28. The van der Waals surface area contributed by atoms with E-state index in [4.69, 9.17) is 4.74 Å². The van der Waals surface area contributed by atoms with E-state index in [1.807, 2.05) is 0 Å². The summed E-state index contributed by atoms with van der Waals surface area (Å²) in [5, 5.41) is 12.2. The molecule has 0 aliphatic carbocycles. The molecule has 1 atom stereocenters. The van der Waals surface area contributed by atoms with Crippen LogP contribution in [0.4, 0.5) is 5.82 Å². The smallest absolute Gasteiger partial charge is 0.335 e. The topological polar surface area (TPSA) is 105 Å². The molecule has 1 fully saturated rings. The summed E-state index contributed by atoms with van der Waals surface area (Å²) in [6, 6.07) is 4.21. The molecular weight excluding hydrogens is 336 g/mol. The first-order valence-electron chi connectivity index (χ1n) is 8.31. The molecule has 136 valence electrons. The van der Waals surface area contributed by atoms with E-state index in [0.717, 1.165) is 25.2 Å². The van der Waals surface area contributed by atoms with Crippen molar-refractivity contribution in [1.82, 2.24) is 15.3 Å². The second-order valence-corrected chi connectivity index (χ2v) is 6.08. The van der Waals surface area contributed by atoms with Gasteiger partial charge in [0, 0.05) is 37.1 Å². The van der Waals surface area contributed by atoms with Crippen LogP contribution < -0.4 is 15.0 Å². The Kier molecular flexibility index (Phi) is 5.31. The zero-order chi connectivity index (χ0) is 18.5. The van der Waals surface area contributed by atoms with E-state index in [9.17, 15) is 14.7 Å². The lowest BCUT2D eigenvalue weighted by molar-refractivity contribution is 0.0696. The fraction of sp³-hybridized carbons (Fsp3) is 0.333. The Morgan fingerprint density at radius 2 is 2.08 bits per heavy atom. The molecule has 1 saturated heterocycles. The maximum absolute atomic E-state index is 12.6. The Bertz CT molecular complexity index is 797. The number of anilines is 1. The van der Waals surface area contributed by atoms with Gasteiger partial charge in [0.1, 0.15) is 11.6 Å². The van der Waals surface area contributed by atoms with Crippen LogP contribution in [0.25, 0.3) is 0 Å². The average molecular weight is 356 g/mol. The van der Waals surface area contributed by atoms with Gasteiger partial charge in [0.05, 0.1) is 18.9 Å². The normalized spacial score (nSPS) is 16.8. The molecule has 0 spiro atoms. The molecule has 3 rings (SSSR count). The summed E-state index contributed by atoms with van der Waals surface area (Å²) in [5.41, 5.74) is 0.276. The van der Waals surface area contributed by atoms with E-state index in [0.29, 0.717) is 12.3 Å². The molecule has 8 heteroatoms. The molecule has 0 bridgehead atoms. The van der Waals surface area contributed by atoms with E-state index >= 15 is 0 Å². The van der Waals surface area contributed by atoms with E-state index in [1.165, 1.54) is 25.3 Å². The van der Waals surface area contributed by atoms with Crippen LogP contribution in [0.1, 0.15) is 33.6 Å². The molecule has 1 amide bonds. The van der Waals surface area contributed by atoms with Gasteiger partial charge in [-0.15, -0.1) is 0 Å². The zero-order valence-electron chi connectivity index (χ0n) is 14.4. The Labute approximate surface area is 150 Å². The second kappa shape index (κ2) is 7.81. The number of carboxylic acids is 1. The Morgan fingerprint density at radius 1 is 1.27 bits per heavy atom. The van der Waals surface area contributed by atoms with Crippen molar-refractivity contribution in [3.63, 3.8) is 0 Å². The zero-order valence-corrected chi connectivity index (χ0v) is 14.4. The highest BCUT2D eigenvalue weighted by molar-refractivity contribution is 5.98.